The van der Waals surface area contributed by atoms with E-state index in [2.05, 4.69) is 10.3 Å². The second-order valence-corrected chi connectivity index (χ2v) is 4.58. The summed E-state index contributed by atoms with van der Waals surface area (Å²) in [5.74, 6) is 0.702. The summed E-state index contributed by atoms with van der Waals surface area (Å²) in [6, 6.07) is 7.08. The molecule has 8 nitrogen and oxygen atoms in total. The molecule has 2 aromatic heterocycles. The Morgan fingerprint density at radius 3 is 2.33 bits per heavy atom. The van der Waals surface area contributed by atoms with Crippen LogP contribution in [0.25, 0.3) is 16.9 Å². The molecule has 0 aliphatic carbocycles. The number of hydrogen-bond acceptors (Lipinski definition) is 5. The Hall–Kier alpha value is -2.90. The van der Waals surface area contributed by atoms with E-state index in [-0.39, 0.29) is 5.52 Å². The van der Waals surface area contributed by atoms with E-state index in [1.165, 1.54) is 16.3 Å². The molecule has 0 saturated carbocycles. The van der Waals surface area contributed by atoms with Crippen LogP contribution in [-0.4, -0.2) is 31.2 Å². The third-order valence-corrected chi connectivity index (χ3v) is 3.36. The Labute approximate surface area is 118 Å². The Morgan fingerprint density at radius 2 is 1.71 bits per heavy atom. The average molecular weight is 287 g/mol. The molecule has 0 fully saturated rings. The molecule has 0 N–H and O–H groups in total. The molecule has 0 radical (unpaired) electrons. The van der Waals surface area contributed by atoms with Crippen LogP contribution >= 0.6 is 0 Å². The largest absolute Gasteiger partial charge is 0.497 e. The second kappa shape index (κ2) is 4.58. The summed E-state index contributed by atoms with van der Waals surface area (Å²) in [7, 11) is 4.57. The van der Waals surface area contributed by atoms with Gasteiger partial charge in [0.25, 0.3) is 5.56 Å². The minimum Gasteiger partial charge on any atom is -0.497 e. The molecule has 21 heavy (non-hydrogen) atoms. The zero-order valence-corrected chi connectivity index (χ0v) is 11.8. The van der Waals surface area contributed by atoms with Crippen molar-refractivity contribution in [1.29, 1.82) is 0 Å². The van der Waals surface area contributed by atoms with Crippen LogP contribution in [0.1, 0.15) is 0 Å². The molecule has 8 heteroatoms. The van der Waals surface area contributed by atoms with Gasteiger partial charge in [0.05, 0.1) is 12.8 Å². The van der Waals surface area contributed by atoms with Gasteiger partial charge in [0.15, 0.2) is 11.2 Å². The maximum atomic E-state index is 12.1. The van der Waals surface area contributed by atoms with Gasteiger partial charge in [-0.25, -0.2) is 4.79 Å². The molecule has 0 spiro atoms. The van der Waals surface area contributed by atoms with Crippen LogP contribution in [0.15, 0.2) is 33.9 Å². The normalized spacial score (nSPS) is 11.0. The maximum absolute atomic E-state index is 12.1. The highest BCUT2D eigenvalue weighted by atomic mass is 16.5. The van der Waals surface area contributed by atoms with Crippen molar-refractivity contribution in [2.45, 2.75) is 0 Å². The Kier molecular flexibility index (Phi) is 2.86. The Morgan fingerprint density at radius 1 is 1.05 bits per heavy atom. The van der Waals surface area contributed by atoms with E-state index in [0.717, 1.165) is 4.57 Å². The molecule has 3 aromatic rings. The van der Waals surface area contributed by atoms with Crippen LogP contribution in [-0.2, 0) is 14.1 Å². The van der Waals surface area contributed by atoms with Gasteiger partial charge in [-0.3, -0.25) is 13.9 Å². The highest BCUT2D eigenvalue weighted by molar-refractivity contribution is 5.71. The minimum absolute atomic E-state index is 0.149. The highest BCUT2D eigenvalue weighted by Crippen LogP contribution is 2.16. The second-order valence-electron chi connectivity index (χ2n) is 4.58. The minimum atomic E-state index is -0.465. The number of nitrogens with zero attached hydrogens (tertiary/aromatic N) is 5. The van der Waals surface area contributed by atoms with E-state index in [4.69, 9.17) is 4.74 Å². The molecule has 0 unspecified atom stereocenters. The first kappa shape index (κ1) is 13.1. The molecule has 3 rings (SSSR count). The monoisotopic (exact) mass is 287 g/mol. The third kappa shape index (κ3) is 1.83. The number of ether oxygens (including phenoxy) is 1. The molecular weight excluding hydrogens is 274 g/mol. The van der Waals surface area contributed by atoms with Gasteiger partial charge in [0, 0.05) is 14.1 Å². The summed E-state index contributed by atoms with van der Waals surface area (Å²) in [6.45, 7) is 0. The SMILES string of the molecule is COc1ccc(-n2nnc3c(=O)n(C)c(=O)n(C)c32)cc1. The van der Waals surface area contributed by atoms with Crippen LogP contribution < -0.4 is 16.0 Å². The zero-order valence-electron chi connectivity index (χ0n) is 11.8. The average Bonchev–Trinajstić information content (AvgIpc) is 2.96. The lowest BCUT2D eigenvalue weighted by molar-refractivity contribution is 0.414. The molecule has 1 aromatic carbocycles. The zero-order chi connectivity index (χ0) is 15.1. The van der Waals surface area contributed by atoms with Crippen LogP contribution in [0, 0.1) is 0 Å². The van der Waals surface area contributed by atoms with E-state index >= 15 is 0 Å². The number of rotatable bonds is 2. The predicted molar refractivity (Wildman–Crippen MR) is 75.9 cm³/mol. The summed E-state index contributed by atoms with van der Waals surface area (Å²) in [4.78, 5) is 24.1. The van der Waals surface area contributed by atoms with E-state index in [0.29, 0.717) is 17.1 Å². The van der Waals surface area contributed by atoms with Crippen molar-refractivity contribution in [3.63, 3.8) is 0 Å². The standard InChI is InChI=1S/C13H13N5O3/c1-16-11-10(12(19)17(2)13(16)20)14-15-18(11)8-4-6-9(21-3)7-5-8/h4-7H,1-3H3. The molecule has 0 aliphatic rings. The highest BCUT2D eigenvalue weighted by Gasteiger charge is 2.16. The molecule has 2 heterocycles. The molecule has 0 aliphatic heterocycles. The number of fused-ring (bicyclic) bond motifs is 1. The molecular formula is C13H13N5O3. The summed E-state index contributed by atoms with van der Waals surface area (Å²) in [5.41, 5.74) is 0.294. The van der Waals surface area contributed by atoms with Crippen molar-refractivity contribution in [1.82, 2.24) is 24.1 Å². The summed E-state index contributed by atoms with van der Waals surface area (Å²) in [5, 5.41) is 7.87. The van der Waals surface area contributed by atoms with Gasteiger partial charge in [-0.15, -0.1) is 5.10 Å². The number of benzene rings is 1. The number of aromatic nitrogens is 5. The van der Waals surface area contributed by atoms with Crippen molar-refractivity contribution in [3.05, 3.63) is 45.1 Å². The summed E-state index contributed by atoms with van der Waals surface area (Å²) < 4.78 is 8.91. The lowest BCUT2D eigenvalue weighted by Crippen LogP contribution is -2.37. The fourth-order valence-electron chi connectivity index (χ4n) is 2.17. The van der Waals surface area contributed by atoms with E-state index < -0.39 is 11.2 Å². The fraction of sp³-hybridized carbons (Fsp3) is 0.231. The lowest BCUT2D eigenvalue weighted by Gasteiger charge is -2.07. The Balaban J connectivity index is 2.34. The van der Waals surface area contributed by atoms with Crippen molar-refractivity contribution in [2.75, 3.05) is 7.11 Å². The molecule has 0 bridgehead atoms. The summed E-state index contributed by atoms with van der Waals surface area (Å²) in [6.07, 6.45) is 0. The van der Waals surface area contributed by atoms with Gasteiger partial charge in [-0.2, -0.15) is 4.68 Å². The number of hydrogen-bond donors (Lipinski definition) is 0. The predicted octanol–water partition coefficient (Wildman–Crippen LogP) is -0.174. The van der Waals surface area contributed by atoms with Gasteiger partial charge < -0.3 is 4.74 Å². The van der Waals surface area contributed by atoms with Gasteiger partial charge in [0.1, 0.15) is 5.75 Å². The Bertz CT molecular complexity index is 933. The third-order valence-electron chi connectivity index (χ3n) is 3.36. The lowest BCUT2D eigenvalue weighted by atomic mass is 10.3. The van der Waals surface area contributed by atoms with Crippen molar-refractivity contribution >= 4 is 11.2 Å². The van der Waals surface area contributed by atoms with Crippen LogP contribution in [0.5, 0.6) is 5.75 Å². The first-order valence-electron chi connectivity index (χ1n) is 6.20. The maximum Gasteiger partial charge on any atom is 0.332 e. The van der Waals surface area contributed by atoms with Gasteiger partial charge >= 0.3 is 5.69 Å². The fourth-order valence-corrected chi connectivity index (χ4v) is 2.17. The van der Waals surface area contributed by atoms with Crippen LogP contribution in [0.2, 0.25) is 0 Å². The van der Waals surface area contributed by atoms with Crippen molar-refractivity contribution in [3.8, 4) is 11.4 Å². The van der Waals surface area contributed by atoms with Gasteiger partial charge in [-0.05, 0) is 24.3 Å². The molecule has 0 atom stereocenters. The first-order valence-corrected chi connectivity index (χ1v) is 6.20. The van der Waals surface area contributed by atoms with E-state index in [1.54, 1.807) is 38.4 Å². The number of aryl methyl sites for hydroxylation is 1. The van der Waals surface area contributed by atoms with E-state index in [9.17, 15) is 9.59 Å². The van der Waals surface area contributed by atoms with Crippen LogP contribution in [0.4, 0.5) is 0 Å². The molecule has 108 valence electrons. The first-order chi connectivity index (χ1) is 10.0. The molecule has 0 amide bonds. The van der Waals surface area contributed by atoms with Crippen LogP contribution in [0.3, 0.4) is 0 Å². The van der Waals surface area contributed by atoms with E-state index in [1.807, 2.05) is 0 Å². The smallest absolute Gasteiger partial charge is 0.332 e. The number of methoxy groups -OCH3 is 1. The summed E-state index contributed by atoms with van der Waals surface area (Å²) >= 11 is 0. The van der Waals surface area contributed by atoms with Crippen molar-refractivity contribution in [2.24, 2.45) is 14.1 Å². The van der Waals surface area contributed by atoms with Gasteiger partial charge in [0.2, 0.25) is 0 Å². The quantitative estimate of drug-likeness (QED) is 0.653. The van der Waals surface area contributed by atoms with Gasteiger partial charge in [-0.1, -0.05) is 5.21 Å². The topological polar surface area (TPSA) is 83.9 Å². The molecule has 0 saturated heterocycles. The van der Waals surface area contributed by atoms with Crippen molar-refractivity contribution < 1.29 is 4.74 Å².